The Morgan fingerprint density at radius 3 is 2.00 bits per heavy atom. The van der Waals surface area contributed by atoms with Crippen LogP contribution in [0.4, 0.5) is 21.5 Å². The molecule has 0 aliphatic carbocycles. The highest BCUT2D eigenvalue weighted by Gasteiger charge is 2.14. The van der Waals surface area contributed by atoms with Crippen LogP contribution in [0.1, 0.15) is 10.5 Å². The Morgan fingerprint density at radius 1 is 0.862 bits per heavy atom. The highest BCUT2D eigenvalue weighted by molar-refractivity contribution is 6.02. The summed E-state index contributed by atoms with van der Waals surface area (Å²) in [6.07, 6.45) is 1.53. The van der Waals surface area contributed by atoms with Gasteiger partial charge in [0.05, 0.1) is 33.2 Å². The van der Waals surface area contributed by atoms with Crippen LogP contribution in [0.2, 0.25) is 0 Å². The molecule has 0 bridgehead atoms. The van der Waals surface area contributed by atoms with Gasteiger partial charge in [0.2, 0.25) is 5.75 Å². The Hall–Kier alpha value is -3.81. The summed E-state index contributed by atoms with van der Waals surface area (Å²) in [5, 5.41) is 5.84. The minimum atomic E-state index is -0.393. The number of carbonyl (C=O) groups is 1. The van der Waals surface area contributed by atoms with Crippen molar-refractivity contribution >= 4 is 23.0 Å². The molecule has 29 heavy (non-hydrogen) atoms. The van der Waals surface area contributed by atoms with Gasteiger partial charge in [-0.2, -0.15) is 0 Å². The zero-order valence-electron chi connectivity index (χ0n) is 16.2. The Morgan fingerprint density at radius 2 is 1.48 bits per heavy atom. The van der Waals surface area contributed by atoms with E-state index in [1.807, 2.05) is 0 Å². The molecule has 0 aliphatic rings. The van der Waals surface area contributed by atoms with Crippen molar-refractivity contribution in [1.29, 1.82) is 0 Å². The van der Waals surface area contributed by atoms with Crippen LogP contribution in [-0.2, 0) is 0 Å². The molecule has 0 fully saturated rings. The summed E-state index contributed by atoms with van der Waals surface area (Å²) in [5.41, 5.74) is 2.07. The summed E-state index contributed by atoms with van der Waals surface area (Å²) >= 11 is 0. The van der Waals surface area contributed by atoms with Crippen LogP contribution in [0.25, 0.3) is 0 Å². The van der Waals surface area contributed by atoms with Crippen LogP contribution in [0.5, 0.6) is 17.2 Å². The highest BCUT2D eigenvalue weighted by Crippen LogP contribution is 2.40. The lowest BCUT2D eigenvalue weighted by Gasteiger charge is -2.15. The van der Waals surface area contributed by atoms with Gasteiger partial charge in [0.15, 0.2) is 11.5 Å². The summed E-state index contributed by atoms with van der Waals surface area (Å²) in [6, 6.07) is 12.3. The highest BCUT2D eigenvalue weighted by atomic mass is 19.1. The minimum Gasteiger partial charge on any atom is -0.493 e. The molecule has 150 valence electrons. The summed E-state index contributed by atoms with van der Waals surface area (Å²) < 4.78 is 28.9. The van der Waals surface area contributed by atoms with Crippen molar-refractivity contribution in [1.82, 2.24) is 4.98 Å². The van der Waals surface area contributed by atoms with E-state index in [0.29, 0.717) is 34.3 Å². The molecule has 1 heterocycles. The molecule has 0 aliphatic heterocycles. The predicted molar refractivity (Wildman–Crippen MR) is 108 cm³/mol. The van der Waals surface area contributed by atoms with E-state index in [-0.39, 0.29) is 11.5 Å². The summed E-state index contributed by atoms with van der Waals surface area (Å²) in [7, 11) is 4.61. The van der Waals surface area contributed by atoms with Gasteiger partial charge in [0, 0.05) is 23.5 Å². The van der Waals surface area contributed by atoms with Crippen LogP contribution >= 0.6 is 0 Å². The first-order chi connectivity index (χ1) is 14.0. The number of anilines is 3. The molecule has 7 nitrogen and oxygen atoms in total. The molecule has 0 saturated carbocycles. The second-order valence-electron chi connectivity index (χ2n) is 5.93. The van der Waals surface area contributed by atoms with Crippen molar-refractivity contribution in [2.24, 2.45) is 0 Å². The summed E-state index contributed by atoms with van der Waals surface area (Å²) in [6.45, 7) is 0. The third-order valence-electron chi connectivity index (χ3n) is 4.05. The molecule has 8 heteroatoms. The van der Waals surface area contributed by atoms with E-state index in [4.69, 9.17) is 14.2 Å². The molecule has 0 spiro atoms. The van der Waals surface area contributed by atoms with Gasteiger partial charge in [-0.3, -0.25) is 4.79 Å². The number of hydrogen-bond acceptors (Lipinski definition) is 6. The van der Waals surface area contributed by atoms with Crippen LogP contribution in [-0.4, -0.2) is 32.2 Å². The Labute approximate surface area is 167 Å². The smallest absolute Gasteiger partial charge is 0.274 e. The standard InChI is InChI=1S/C21H20FN3O4/c1-27-18-10-16(11-19(28-2)20(18)29-3)24-15-8-9-17(23-12-15)21(26)25-14-6-4-13(22)5-7-14/h4-12,24H,1-3H3,(H,25,26). The van der Waals surface area contributed by atoms with Gasteiger partial charge in [0.1, 0.15) is 11.5 Å². The first-order valence-corrected chi connectivity index (χ1v) is 8.64. The summed E-state index contributed by atoms with van der Waals surface area (Å²) in [5.74, 6) is 0.751. The fraction of sp³-hybridized carbons (Fsp3) is 0.143. The van der Waals surface area contributed by atoms with Gasteiger partial charge in [-0.05, 0) is 36.4 Å². The van der Waals surface area contributed by atoms with Gasteiger partial charge < -0.3 is 24.8 Å². The second-order valence-corrected chi connectivity index (χ2v) is 5.93. The molecule has 0 unspecified atom stereocenters. The first kappa shape index (κ1) is 19.9. The maximum atomic E-state index is 13.0. The predicted octanol–water partition coefficient (Wildman–Crippen LogP) is 4.24. The van der Waals surface area contributed by atoms with Crippen LogP contribution in [0, 0.1) is 5.82 Å². The van der Waals surface area contributed by atoms with E-state index in [0.717, 1.165) is 0 Å². The third kappa shape index (κ3) is 4.73. The molecular formula is C21H20FN3O4. The van der Waals surface area contributed by atoms with Gasteiger partial charge in [-0.1, -0.05) is 0 Å². The molecule has 3 rings (SSSR count). The average molecular weight is 397 g/mol. The first-order valence-electron chi connectivity index (χ1n) is 8.64. The number of carbonyl (C=O) groups excluding carboxylic acids is 1. The van der Waals surface area contributed by atoms with E-state index in [2.05, 4.69) is 15.6 Å². The number of methoxy groups -OCH3 is 3. The van der Waals surface area contributed by atoms with E-state index in [1.165, 1.54) is 51.8 Å². The average Bonchev–Trinajstić information content (AvgIpc) is 2.75. The van der Waals surface area contributed by atoms with Crippen molar-refractivity contribution in [2.75, 3.05) is 32.0 Å². The third-order valence-corrected chi connectivity index (χ3v) is 4.05. The molecule has 1 aromatic heterocycles. The Balaban J connectivity index is 1.73. The van der Waals surface area contributed by atoms with Crippen molar-refractivity contribution in [3.8, 4) is 17.2 Å². The number of ether oxygens (including phenoxy) is 3. The fourth-order valence-corrected chi connectivity index (χ4v) is 2.65. The van der Waals surface area contributed by atoms with E-state index < -0.39 is 5.91 Å². The SMILES string of the molecule is COc1cc(Nc2ccc(C(=O)Nc3ccc(F)cc3)nc2)cc(OC)c1OC. The summed E-state index contributed by atoms with van der Waals surface area (Å²) in [4.78, 5) is 16.4. The molecule has 0 radical (unpaired) electrons. The maximum Gasteiger partial charge on any atom is 0.274 e. The van der Waals surface area contributed by atoms with Crippen molar-refractivity contribution in [2.45, 2.75) is 0 Å². The molecule has 1 amide bonds. The van der Waals surface area contributed by atoms with Gasteiger partial charge in [-0.15, -0.1) is 0 Å². The topological polar surface area (TPSA) is 81.7 Å². The van der Waals surface area contributed by atoms with E-state index in [1.54, 1.807) is 24.3 Å². The lowest BCUT2D eigenvalue weighted by Crippen LogP contribution is -2.13. The zero-order chi connectivity index (χ0) is 20.8. The van der Waals surface area contributed by atoms with E-state index in [9.17, 15) is 9.18 Å². The fourth-order valence-electron chi connectivity index (χ4n) is 2.65. The Bertz CT molecular complexity index is 967. The molecule has 3 aromatic rings. The number of rotatable bonds is 7. The molecule has 2 aromatic carbocycles. The monoisotopic (exact) mass is 397 g/mol. The van der Waals surface area contributed by atoms with Gasteiger partial charge in [-0.25, -0.2) is 9.37 Å². The maximum absolute atomic E-state index is 13.0. The normalized spacial score (nSPS) is 10.2. The minimum absolute atomic E-state index is 0.227. The number of nitrogens with one attached hydrogen (secondary N) is 2. The Kier molecular flexibility index (Phi) is 6.13. The lowest BCUT2D eigenvalue weighted by atomic mass is 10.2. The van der Waals surface area contributed by atoms with E-state index >= 15 is 0 Å². The van der Waals surface area contributed by atoms with Crippen LogP contribution in [0.15, 0.2) is 54.7 Å². The van der Waals surface area contributed by atoms with Crippen molar-refractivity contribution in [3.63, 3.8) is 0 Å². The number of pyridine rings is 1. The van der Waals surface area contributed by atoms with Gasteiger partial charge in [0.25, 0.3) is 5.91 Å². The molecular weight excluding hydrogens is 377 g/mol. The lowest BCUT2D eigenvalue weighted by molar-refractivity contribution is 0.102. The van der Waals surface area contributed by atoms with Crippen molar-refractivity contribution in [3.05, 3.63) is 66.2 Å². The van der Waals surface area contributed by atoms with Crippen molar-refractivity contribution < 1.29 is 23.4 Å². The number of nitrogens with zero attached hydrogens (tertiary/aromatic N) is 1. The number of benzene rings is 2. The quantitative estimate of drug-likeness (QED) is 0.621. The van der Waals surface area contributed by atoms with Crippen LogP contribution < -0.4 is 24.8 Å². The second kappa shape index (κ2) is 8.92. The molecule has 2 N–H and O–H groups in total. The van der Waals surface area contributed by atoms with Gasteiger partial charge >= 0.3 is 0 Å². The molecule has 0 saturated heterocycles. The van der Waals surface area contributed by atoms with Crippen LogP contribution in [0.3, 0.4) is 0 Å². The number of aromatic nitrogens is 1. The number of amides is 1. The zero-order valence-corrected chi connectivity index (χ0v) is 16.2. The largest absolute Gasteiger partial charge is 0.493 e. The number of halogens is 1. The molecule has 0 atom stereocenters. The number of hydrogen-bond donors (Lipinski definition) is 2.